The van der Waals surface area contributed by atoms with Gasteiger partial charge in [0.05, 0.1) is 7.11 Å². The SMILES string of the molecule is COC(=O)C(Br)CN[C@H](C)c1ccccc1Cl. The second-order valence-corrected chi connectivity index (χ2v) is 5.15. The van der Waals surface area contributed by atoms with Crippen molar-refractivity contribution in [3.05, 3.63) is 34.9 Å². The Balaban J connectivity index is 2.53. The molecule has 1 aromatic rings. The number of hydrogen-bond acceptors (Lipinski definition) is 3. The predicted molar refractivity (Wildman–Crippen MR) is 72.6 cm³/mol. The molecule has 0 amide bonds. The molecule has 0 spiro atoms. The first-order valence-electron chi connectivity index (χ1n) is 5.26. The van der Waals surface area contributed by atoms with Gasteiger partial charge in [0.15, 0.2) is 0 Å². The molecule has 0 aromatic heterocycles. The van der Waals surface area contributed by atoms with Gasteiger partial charge in [-0.05, 0) is 18.6 Å². The lowest BCUT2D eigenvalue weighted by atomic mass is 10.1. The van der Waals surface area contributed by atoms with Crippen molar-refractivity contribution in [3.8, 4) is 0 Å². The van der Waals surface area contributed by atoms with Crippen molar-refractivity contribution in [2.75, 3.05) is 13.7 Å². The molecule has 0 aliphatic heterocycles. The minimum Gasteiger partial charge on any atom is -0.468 e. The number of benzene rings is 1. The van der Waals surface area contributed by atoms with Crippen molar-refractivity contribution in [1.82, 2.24) is 5.32 Å². The normalized spacial score (nSPS) is 14.1. The Bertz CT molecular complexity index is 387. The number of methoxy groups -OCH3 is 1. The van der Waals surface area contributed by atoms with E-state index in [0.29, 0.717) is 6.54 Å². The van der Waals surface area contributed by atoms with Gasteiger partial charge in [0, 0.05) is 17.6 Å². The standard InChI is InChI=1S/C12H15BrClNO2/c1-8(9-5-3-4-6-11(9)14)15-7-10(13)12(16)17-2/h3-6,8,10,15H,7H2,1-2H3/t8-,10?/m1/s1. The van der Waals surface area contributed by atoms with E-state index in [0.717, 1.165) is 10.6 Å². The van der Waals surface area contributed by atoms with Crippen molar-refractivity contribution in [1.29, 1.82) is 0 Å². The van der Waals surface area contributed by atoms with E-state index in [9.17, 15) is 4.79 Å². The molecule has 0 radical (unpaired) electrons. The zero-order valence-corrected chi connectivity index (χ0v) is 12.1. The summed E-state index contributed by atoms with van der Waals surface area (Å²) in [6.07, 6.45) is 0. The Morgan fingerprint density at radius 1 is 1.53 bits per heavy atom. The number of rotatable bonds is 5. The second-order valence-electron chi connectivity index (χ2n) is 3.64. The third-order valence-corrected chi connectivity index (χ3v) is 3.47. The number of ether oxygens (including phenoxy) is 1. The first-order chi connectivity index (χ1) is 8.06. The smallest absolute Gasteiger partial charge is 0.320 e. The molecular formula is C12H15BrClNO2. The maximum Gasteiger partial charge on any atom is 0.320 e. The highest BCUT2D eigenvalue weighted by Crippen LogP contribution is 2.22. The number of halogens is 2. The Kier molecular flexibility index (Phi) is 5.95. The molecule has 0 bridgehead atoms. The molecule has 2 atom stereocenters. The number of nitrogens with one attached hydrogen (secondary N) is 1. The van der Waals surface area contributed by atoms with Crippen LogP contribution < -0.4 is 5.32 Å². The lowest BCUT2D eigenvalue weighted by Gasteiger charge is -2.17. The Labute approximate surface area is 115 Å². The van der Waals surface area contributed by atoms with Crippen LogP contribution in [0.25, 0.3) is 0 Å². The minimum atomic E-state index is -0.350. The predicted octanol–water partition coefficient (Wildman–Crippen LogP) is 2.93. The van der Waals surface area contributed by atoms with E-state index >= 15 is 0 Å². The molecule has 0 saturated carbocycles. The van der Waals surface area contributed by atoms with E-state index in [-0.39, 0.29) is 16.8 Å². The van der Waals surface area contributed by atoms with Gasteiger partial charge in [0.25, 0.3) is 0 Å². The summed E-state index contributed by atoms with van der Waals surface area (Å²) in [5.41, 5.74) is 1.01. The fraction of sp³-hybridized carbons (Fsp3) is 0.417. The molecule has 0 heterocycles. The van der Waals surface area contributed by atoms with E-state index in [1.165, 1.54) is 7.11 Å². The molecule has 3 nitrogen and oxygen atoms in total. The molecule has 17 heavy (non-hydrogen) atoms. The molecule has 1 N–H and O–H groups in total. The molecule has 0 fully saturated rings. The topological polar surface area (TPSA) is 38.3 Å². The Morgan fingerprint density at radius 2 is 2.18 bits per heavy atom. The van der Waals surface area contributed by atoms with Gasteiger partial charge in [0.2, 0.25) is 0 Å². The molecule has 1 rings (SSSR count). The van der Waals surface area contributed by atoms with Crippen molar-refractivity contribution >= 4 is 33.5 Å². The van der Waals surface area contributed by atoms with Crippen LogP contribution in [-0.4, -0.2) is 24.5 Å². The largest absolute Gasteiger partial charge is 0.468 e. The van der Waals surface area contributed by atoms with Gasteiger partial charge in [-0.1, -0.05) is 45.7 Å². The minimum absolute atomic E-state index is 0.0772. The summed E-state index contributed by atoms with van der Waals surface area (Å²) in [6, 6.07) is 7.71. The number of hydrogen-bond donors (Lipinski definition) is 1. The lowest BCUT2D eigenvalue weighted by molar-refractivity contribution is -0.139. The van der Waals surface area contributed by atoms with Gasteiger partial charge >= 0.3 is 5.97 Å². The third kappa shape index (κ3) is 4.30. The van der Waals surface area contributed by atoms with E-state index < -0.39 is 0 Å². The molecule has 5 heteroatoms. The first-order valence-corrected chi connectivity index (χ1v) is 6.55. The average molecular weight is 321 g/mol. The van der Waals surface area contributed by atoms with Gasteiger partial charge in [0.1, 0.15) is 4.83 Å². The summed E-state index contributed by atoms with van der Waals surface area (Å²) < 4.78 is 4.62. The van der Waals surface area contributed by atoms with Crippen LogP contribution >= 0.6 is 27.5 Å². The van der Waals surface area contributed by atoms with Crippen molar-refractivity contribution < 1.29 is 9.53 Å². The van der Waals surface area contributed by atoms with Gasteiger partial charge < -0.3 is 10.1 Å². The number of carbonyl (C=O) groups excluding carboxylic acids is 1. The Morgan fingerprint density at radius 3 is 2.76 bits per heavy atom. The number of esters is 1. The van der Waals surface area contributed by atoms with Crippen molar-refractivity contribution in [2.24, 2.45) is 0 Å². The highest BCUT2D eigenvalue weighted by Gasteiger charge is 2.16. The van der Waals surface area contributed by atoms with Gasteiger partial charge in [-0.2, -0.15) is 0 Å². The maximum atomic E-state index is 11.2. The highest BCUT2D eigenvalue weighted by atomic mass is 79.9. The summed E-state index contributed by atoms with van der Waals surface area (Å²) in [4.78, 5) is 10.8. The second kappa shape index (κ2) is 6.99. The van der Waals surface area contributed by atoms with E-state index in [1.807, 2.05) is 31.2 Å². The molecular weight excluding hydrogens is 305 g/mol. The molecule has 1 aromatic carbocycles. The van der Waals surface area contributed by atoms with Crippen LogP contribution in [0.3, 0.4) is 0 Å². The summed E-state index contributed by atoms with van der Waals surface area (Å²) in [5, 5.41) is 3.94. The van der Waals surface area contributed by atoms with Crippen molar-refractivity contribution in [3.63, 3.8) is 0 Å². The molecule has 94 valence electrons. The van der Waals surface area contributed by atoms with E-state index in [2.05, 4.69) is 26.0 Å². The summed E-state index contributed by atoms with van der Waals surface area (Å²) in [6.45, 7) is 2.48. The maximum absolute atomic E-state index is 11.2. The van der Waals surface area contributed by atoms with Crippen molar-refractivity contribution in [2.45, 2.75) is 17.8 Å². The summed E-state index contributed by atoms with van der Waals surface area (Å²) in [7, 11) is 1.37. The fourth-order valence-electron chi connectivity index (χ4n) is 1.43. The van der Waals surface area contributed by atoms with E-state index in [1.54, 1.807) is 0 Å². The Hall–Kier alpha value is -0.580. The van der Waals surface area contributed by atoms with Crippen LogP contribution in [0.5, 0.6) is 0 Å². The summed E-state index contributed by atoms with van der Waals surface area (Å²) in [5.74, 6) is -0.288. The van der Waals surface area contributed by atoms with Crippen LogP contribution in [0.1, 0.15) is 18.5 Å². The van der Waals surface area contributed by atoms with Gasteiger partial charge in [-0.15, -0.1) is 0 Å². The van der Waals surface area contributed by atoms with Crippen LogP contribution in [-0.2, 0) is 9.53 Å². The van der Waals surface area contributed by atoms with Crippen LogP contribution in [0.4, 0.5) is 0 Å². The molecule has 0 saturated heterocycles. The lowest BCUT2D eigenvalue weighted by Crippen LogP contribution is -2.31. The molecule has 0 aliphatic carbocycles. The third-order valence-electron chi connectivity index (χ3n) is 2.43. The quantitative estimate of drug-likeness (QED) is 0.669. The number of carbonyl (C=O) groups is 1. The average Bonchev–Trinajstić information content (AvgIpc) is 2.35. The fourth-order valence-corrected chi connectivity index (χ4v) is 2.10. The zero-order chi connectivity index (χ0) is 12.8. The van der Waals surface area contributed by atoms with Gasteiger partial charge in [-0.3, -0.25) is 4.79 Å². The summed E-state index contributed by atoms with van der Waals surface area (Å²) >= 11 is 9.33. The van der Waals surface area contributed by atoms with Crippen LogP contribution in [0, 0.1) is 0 Å². The molecule has 0 aliphatic rings. The monoisotopic (exact) mass is 319 g/mol. The zero-order valence-electron chi connectivity index (χ0n) is 9.74. The van der Waals surface area contributed by atoms with Gasteiger partial charge in [-0.25, -0.2) is 0 Å². The van der Waals surface area contributed by atoms with E-state index in [4.69, 9.17) is 11.6 Å². The van der Waals surface area contributed by atoms with Crippen LogP contribution in [0.15, 0.2) is 24.3 Å². The number of alkyl halides is 1. The first kappa shape index (κ1) is 14.5. The van der Waals surface area contributed by atoms with Crippen LogP contribution in [0.2, 0.25) is 5.02 Å². The molecule has 1 unspecified atom stereocenters. The highest BCUT2D eigenvalue weighted by molar-refractivity contribution is 9.10.